The molecule has 24 heavy (non-hydrogen) atoms. The molecule has 1 aromatic carbocycles. The second-order valence-corrected chi connectivity index (χ2v) is 5.35. The normalized spacial score (nSPS) is 18.2. The molecule has 0 aliphatic carbocycles. The molecule has 1 saturated heterocycles. The van der Waals surface area contributed by atoms with Crippen LogP contribution in [0.5, 0.6) is 5.75 Å². The standard InChI is InChI=1S/C14H15F2N5O3/c15-14(16)24-10-5-3-9(4-6-10)21-12(17-18-19-21)8-20-7-1-2-11(20)13(22)23/h3-6,11,14H,1-2,7-8H2,(H,22,23). The maximum atomic E-state index is 12.2. The van der Waals surface area contributed by atoms with Gasteiger partial charge in [-0.25, -0.2) is 0 Å². The van der Waals surface area contributed by atoms with E-state index < -0.39 is 18.6 Å². The molecule has 0 radical (unpaired) electrons. The van der Waals surface area contributed by atoms with E-state index >= 15 is 0 Å². The maximum Gasteiger partial charge on any atom is 0.387 e. The van der Waals surface area contributed by atoms with Crippen LogP contribution in [0.2, 0.25) is 0 Å². The van der Waals surface area contributed by atoms with Crippen LogP contribution in [0.4, 0.5) is 8.78 Å². The maximum absolute atomic E-state index is 12.2. The van der Waals surface area contributed by atoms with E-state index in [-0.39, 0.29) is 5.75 Å². The molecule has 0 spiro atoms. The van der Waals surface area contributed by atoms with Crippen molar-refractivity contribution in [3.63, 3.8) is 0 Å². The van der Waals surface area contributed by atoms with Crippen molar-refractivity contribution in [3.05, 3.63) is 30.1 Å². The van der Waals surface area contributed by atoms with Crippen LogP contribution in [0, 0.1) is 0 Å². The van der Waals surface area contributed by atoms with Gasteiger partial charge in [0.1, 0.15) is 11.8 Å². The van der Waals surface area contributed by atoms with Crippen molar-refractivity contribution in [1.82, 2.24) is 25.1 Å². The number of rotatable bonds is 6. The molecule has 3 rings (SSSR count). The molecule has 128 valence electrons. The van der Waals surface area contributed by atoms with Crippen LogP contribution in [0.25, 0.3) is 5.69 Å². The van der Waals surface area contributed by atoms with Gasteiger partial charge >= 0.3 is 12.6 Å². The van der Waals surface area contributed by atoms with Crippen LogP contribution in [0.1, 0.15) is 18.7 Å². The van der Waals surface area contributed by atoms with Gasteiger partial charge in [-0.2, -0.15) is 13.5 Å². The average molecular weight is 339 g/mol. The van der Waals surface area contributed by atoms with Crippen LogP contribution in [-0.4, -0.2) is 55.4 Å². The van der Waals surface area contributed by atoms with Crippen molar-refractivity contribution in [2.45, 2.75) is 32.0 Å². The fourth-order valence-electron chi connectivity index (χ4n) is 2.75. The van der Waals surface area contributed by atoms with Crippen molar-refractivity contribution in [2.24, 2.45) is 0 Å². The Labute approximate surface area is 135 Å². The lowest BCUT2D eigenvalue weighted by Crippen LogP contribution is -2.36. The van der Waals surface area contributed by atoms with E-state index in [2.05, 4.69) is 20.3 Å². The van der Waals surface area contributed by atoms with Crippen LogP contribution in [0.3, 0.4) is 0 Å². The number of carboxylic acids is 1. The summed E-state index contributed by atoms with van der Waals surface area (Å²) in [4.78, 5) is 13.1. The van der Waals surface area contributed by atoms with E-state index in [1.165, 1.54) is 16.8 Å². The smallest absolute Gasteiger partial charge is 0.387 e. The predicted molar refractivity (Wildman–Crippen MR) is 76.9 cm³/mol. The summed E-state index contributed by atoms with van der Waals surface area (Å²) in [6.45, 7) is -1.94. The zero-order valence-electron chi connectivity index (χ0n) is 12.5. The number of likely N-dealkylation sites (tertiary alicyclic amines) is 1. The predicted octanol–water partition coefficient (Wildman–Crippen LogP) is 1.31. The van der Waals surface area contributed by atoms with Crippen LogP contribution < -0.4 is 4.74 Å². The number of halogens is 2. The van der Waals surface area contributed by atoms with E-state index in [0.717, 1.165) is 6.42 Å². The third-order valence-corrected chi connectivity index (χ3v) is 3.83. The Morgan fingerprint density at radius 1 is 1.38 bits per heavy atom. The molecule has 1 fully saturated rings. The molecule has 1 atom stereocenters. The van der Waals surface area contributed by atoms with Crippen LogP contribution in [0.15, 0.2) is 24.3 Å². The molecular formula is C14H15F2N5O3. The molecule has 10 heteroatoms. The molecule has 1 N–H and O–H groups in total. The summed E-state index contributed by atoms with van der Waals surface area (Å²) in [6, 6.07) is 5.34. The first-order valence-electron chi connectivity index (χ1n) is 7.34. The third kappa shape index (κ3) is 3.48. The quantitative estimate of drug-likeness (QED) is 0.848. The molecular weight excluding hydrogens is 324 g/mol. The fourth-order valence-corrected chi connectivity index (χ4v) is 2.75. The molecule has 1 aromatic heterocycles. The second-order valence-electron chi connectivity index (χ2n) is 5.35. The molecule has 2 heterocycles. The molecule has 2 aromatic rings. The van der Waals surface area contributed by atoms with Crippen LogP contribution >= 0.6 is 0 Å². The highest BCUT2D eigenvalue weighted by Crippen LogP contribution is 2.21. The summed E-state index contributed by atoms with van der Waals surface area (Å²) in [5, 5.41) is 20.7. The summed E-state index contributed by atoms with van der Waals surface area (Å²) >= 11 is 0. The largest absolute Gasteiger partial charge is 0.480 e. The number of hydrogen-bond donors (Lipinski definition) is 1. The number of aromatic nitrogens is 4. The third-order valence-electron chi connectivity index (χ3n) is 3.83. The van der Waals surface area contributed by atoms with Gasteiger partial charge in [0.25, 0.3) is 0 Å². The number of hydrogen-bond acceptors (Lipinski definition) is 6. The van der Waals surface area contributed by atoms with Gasteiger partial charge in [0.05, 0.1) is 12.2 Å². The first-order chi connectivity index (χ1) is 11.5. The minimum atomic E-state index is -2.89. The summed E-state index contributed by atoms with van der Waals surface area (Å²) in [6.07, 6.45) is 1.40. The zero-order valence-corrected chi connectivity index (χ0v) is 12.5. The minimum Gasteiger partial charge on any atom is -0.480 e. The minimum absolute atomic E-state index is 0.0360. The number of benzene rings is 1. The number of carboxylic acid groups (broad SMARTS) is 1. The lowest BCUT2D eigenvalue weighted by atomic mass is 10.2. The Morgan fingerprint density at radius 3 is 2.79 bits per heavy atom. The Bertz CT molecular complexity index is 707. The van der Waals surface area contributed by atoms with Gasteiger partial charge in [-0.3, -0.25) is 9.69 Å². The molecule has 8 nitrogen and oxygen atoms in total. The highest BCUT2D eigenvalue weighted by Gasteiger charge is 2.31. The lowest BCUT2D eigenvalue weighted by molar-refractivity contribution is -0.142. The van der Waals surface area contributed by atoms with Gasteiger partial charge in [0.2, 0.25) is 0 Å². The van der Waals surface area contributed by atoms with Crippen molar-refractivity contribution in [3.8, 4) is 11.4 Å². The molecule has 0 amide bonds. The van der Waals surface area contributed by atoms with Gasteiger partial charge in [0, 0.05) is 0 Å². The molecule has 0 bridgehead atoms. The van der Waals surface area contributed by atoms with E-state index in [1.54, 1.807) is 17.0 Å². The highest BCUT2D eigenvalue weighted by molar-refractivity contribution is 5.73. The molecule has 1 aliphatic heterocycles. The molecule has 1 aliphatic rings. The monoisotopic (exact) mass is 339 g/mol. The summed E-state index contributed by atoms with van der Waals surface area (Å²) in [5.41, 5.74) is 0.572. The van der Waals surface area contributed by atoms with Crippen molar-refractivity contribution in [1.29, 1.82) is 0 Å². The summed E-state index contributed by atoms with van der Waals surface area (Å²) < 4.78 is 30.1. The van der Waals surface area contributed by atoms with E-state index in [4.69, 9.17) is 0 Å². The van der Waals surface area contributed by atoms with Crippen molar-refractivity contribution >= 4 is 5.97 Å². The first-order valence-corrected chi connectivity index (χ1v) is 7.34. The first kappa shape index (κ1) is 16.2. The number of carbonyl (C=O) groups is 1. The second kappa shape index (κ2) is 6.87. The lowest BCUT2D eigenvalue weighted by Gasteiger charge is -2.20. The van der Waals surface area contributed by atoms with Gasteiger partial charge in [-0.1, -0.05) is 0 Å². The Balaban J connectivity index is 1.76. The SMILES string of the molecule is O=C(O)C1CCCN1Cc1nnnn1-c1ccc(OC(F)F)cc1. The number of nitrogens with zero attached hydrogens (tertiary/aromatic N) is 5. The van der Waals surface area contributed by atoms with E-state index in [0.29, 0.717) is 31.0 Å². The highest BCUT2D eigenvalue weighted by atomic mass is 19.3. The molecule has 0 saturated carbocycles. The topological polar surface area (TPSA) is 93.4 Å². The Morgan fingerprint density at radius 2 is 2.12 bits per heavy atom. The zero-order chi connectivity index (χ0) is 17.1. The number of aliphatic carboxylic acids is 1. The summed E-state index contributed by atoms with van der Waals surface area (Å²) in [7, 11) is 0. The van der Waals surface area contributed by atoms with Gasteiger partial charge in [0.15, 0.2) is 5.82 Å². The number of alkyl halides is 2. The Kier molecular flexibility index (Phi) is 4.65. The summed E-state index contributed by atoms with van der Waals surface area (Å²) in [5.74, 6) is -0.348. The fraction of sp³-hybridized carbons (Fsp3) is 0.429. The van der Waals surface area contributed by atoms with E-state index in [9.17, 15) is 18.7 Å². The average Bonchev–Trinajstić information content (AvgIpc) is 3.17. The Hall–Kier alpha value is -2.62. The number of tetrazole rings is 1. The van der Waals surface area contributed by atoms with Gasteiger partial charge < -0.3 is 9.84 Å². The van der Waals surface area contributed by atoms with Crippen LogP contribution in [-0.2, 0) is 11.3 Å². The van der Waals surface area contributed by atoms with Crippen molar-refractivity contribution < 1.29 is 23.4 Å². The van der Waals surface area contributed by atoms with E-state index in [1.807, 2.05) is 0 Å². The van der Waals surface area contributed by atoms with Crippen molar-refractivity contribution in [2.75, 3.05) is 6.54 Å². The molecule has 1 unspecified atom stereocenters. The van der Waals surface area contributed by atoms with Gasteiger partial charge in [-0.15, -0.1) is 5.10 Å². The number of ether oxygens (including phenoxy) is 1. The van der Waals surface area contributed by atoms with Gasteiger partial charge in [-0.05, 0) is 54.1 Å².